The highest BCUT2D eigenvalue weighted by Gasteiger charge is 2.28. The molecule has 1 atom stereocenters. The van der Waals surface area contributed by atoms with Gasteiger partial charge in [-0.25, -0.2) is 18.0 Å². The van der Waals surface area contributed by atoms with Crippen LogP contribution in [0, 0.1) is 0 Å². The Morgan fingerprint density at radius 3 is 2.39 bits per heavy atom. The number of esters is 1. The lowest BCUT2D eigenvalue weighted by molar-refractivity contribution is 0.0319. The van der Waals surface area contributed by atoms with Gasteiger partial charge < -0.3 is 10.5 Å². The summed E-state index contributed by atoms with van der Waals surface area (Å²) in [4.78, 5) is 50.0. The van der Waals surface area contributed by atoms with E-state index in [1.54, 1.807) is 11.4 Å². The molecule has 0 radical (unpaired) electrons. The van der Waals surface area contributed by atoms with Gasteiger partial charge in [-0.3, -0.25) is 23.4 Å². The maximum absolute atomic E-state index is 12.8. The molecule has 0 unspecified atom stereocenters. The number of nitrogen functional groups attached to an aromatic ring is 1. The summed E-state index contributed by atoms with van der Waals surface area (Å²) >= 11 is 1.00. The normalized spacial score (nSPS) is 12.2. The number of carbonyl (C=O) groups is 2. The number of hydrogen-bond donors (Lipinski definition) is 2. The minimum absolute atomic E-state index is 0.0481. The number of rotatable bonds is 7. The predicted octanol–water partition coefficient (Wildman–Crippen LogP) is 0.957. The molecular formula is C20H20N4O7S2. The van der Waals surface area contributed by atoms with Crippen LogP contribution in [0.1, 0.15) is 27.6 Å². The molecule has 3 aromatic rings. The van der Waals surface area contributed by atoms with Crippen molar-refractivity contribution >= 4 is 44.6 Å². The number of sulfonamides is 1. The molecule has 174 valence electrons. The van der Waals surface area contributed by atoms with E-state index in [4.69, 9.17) is 10.5 Å². The molecule has 2 aromatic heterocycles. The molecule has 0 saturated carbocycles. The average molecular weight is 493 g/mol. The number of ether oxygens (including phenoxy) is 1. The number of carbonyl (C=O) groups excluding carboxylic acids is 2. The third-order valence-electron chi connectivity index (χ3n) is 4.76. The zero-order valence-electron chi connectivity index (χ0n) is 17.8. The second-order valence-electron chi connectivity index (χ2n) is 6.96. The van der Waals surface area contributed by atoms with Crippen molar-refractivity contribution in [1.82, 2.24) is 9.13 Å². The van der Waals surface area contributed by atoms with Gasteiger partial charge in [0.25, 0.3) is 15.6 Å². The molecule has 0 bridgehead atoms. The third-order valence-corrected chi connectivity index (χ3v) is 7.52. The number of hydrogen-bond acceptors (Lipinski definition) is 9. The highest BCUT2D eigenvalue weighted by atomic mass is 32.2. The van der Waals surface area contributed by atoms with Gasteiger partial charge in [0, 0.05) is 14.1 Å². The maximum Gasteiger partial charge on any atom is 0.340 e. The van der Waals surface area contributed by atoms with Crippen LogP contribution in [0.15, 0.2) is 55.6 Å². The minimum atomic E-state index is -3.94. The Balaban J connectivity index is 1.88. The lowest BCUT2D eigenvalue weighted by Crippen LogP contribution is -2.43. The number of nitrogens with one attached hydrogen (secondary N) is 1. The van der Waals surface area contributed by atoms with Gasteiger partial charge in [-0.05, 0) is 30.5 Å². The molecule has 33 heavy (non-hydrogen) atoms. The molecule has 0 spiro atoms. The van der Waals surface area contributed by atoms with Gasteiger partial charge in [-0.15, -0.1) is 11.3 Å². The molecule has 0 aliphatic carbocycles. The molecule has 0 aliphatic rings. The summed E-state index contributed by atoms with van der Waals surface area (Å²) in [6.45, 7) is 1.24. The molecular weight excluding hydrogens is 472 g/mol. The van der Waals surface area contributed by atoms with Gasteiger partial charge in [0.05, 0.1) is 11.3 Å². The highest BCUT2D eigenvalue weighted by molar-refractivity contribution is 7.94. The summed E-state index contributed by atoms with van der Waals surface area (Å²) in [5.41, 5.74) is 3.46. The minimum Gasteiger partial charge on any atom is -0.451 e. The van der Waals surface area contributed by atoms with Crippen LogP contribution in [0.25, 0.3) is 0 Å². The summed E-state index contributed by atoms with van der Waals surface area (Å²) in [7, 11) is -1.46. The average Bonchev–Trinajstić information content (AvgIpc) is 3.32. The van der Waals surface area contributed by atoms with Gasteiger partial charge in [-0.2, -0.15) is 0 Å². The van der Waals surface area contributed by atoms with E-state index in [2.05, 4.69) is 4.72 Å². The van der Waals surface area contributed by atoms with Crippen LogP contribution in [-0.2, 0) is 28.9 Å². The molecule has 11 nitrogen and oxygen atoms in total. The summed E-state index contributed by atoms with van der Waals surface area (Å²) < 4.78 is 34.3. The van der Waals surface area contributed by atoms with E-state index in [1.807, 2.05) is 0 Å². The van der Waals surface area contributed by atoms with E-state index in [9.17, 15) is 27.6 Å². The van der Waals surface area contributed by atoms with Crippen LogP contribution in [-0.4, -0.2) is 35.4 Å². The van der Waals surface area contributed by atoms with Crippen LogP contribution >= 0.6 is 11.3 Å². The Morgan fingerprint density at radius 1 is 1.09 bits per heavy atom. The second-order valence-corrected chi connectivity index (χ2v) is 9.82. The first-order chi connectivity index (χ1) is 15.5. The third kappa shape index (κ3) is 4.59. The predicted molar refractivity (Wildman–Crippen MR) is 122 cm³/mol. The van der Waals surface area contributed by atoms with Crippen molar-refractivity contribution in [2.24, 2.45) is 14.1 Å². The molecule has 2 heterocycles. The van der Waals surface area contributed by atoms with Crippen molar-refractivity contribution in [2.75, 3.05) is 10.5 Å². The fraction of sp³-hybridized carbons (Fsp3) is 0.200. The van der Waals surface area contributed by atoms with E-state index in [1.165, 1.54) is 51.4 Å². The summed E-state index contributed by atoms with van der Waals surface area (Å²) in [6, 6.07) is 8.69. The van der Waals surface area contributed by atoms with Crippen LogP contribution < -0.4 is 21.7 Å². The molecule has 0 amide bonds. The first kappa shape index (κ1) is 23.9. The number of nitrogens with zero attached hydrogens (tertiary/aromatic N) is 2. The van der Waals surface area contributed by atoms with Crippen molar-refractivity contribution < 1.29 is 22.7 Å². The standard InChI is InChI=1S/C20H20N4O7S2/c1-11(16(25)15-17(21)23(2)20(28)24(3)18(15)26)31-19(27)12-7-4-5-8-13(12)22-33(29,30)14-9-6-10-32-14/h4-11,22H,21H2,1-3H3/t11-/m0/s1. The lowest BCUT2D eigenvalue weighted by atomic mass is 10.1. The Bertz CT molecular complexity index is 1450. The number of nitrogens with two attached hydrogens (primary N) is 1. The van der Waals surface area contributed by atoms with Crippen molar-refractivity contribution in [3.05, 3.63) is 73.7 Å². The van der Waals surface area contributed by atoms with Gasteiger partial charge in [0.1, 0.15) is 15.6 Å². The Morgan fingerprint density at radius 2 is 1.76 bits per heavy atom. The first-order valence-electron chi connectivity index (χ1n) is 9.41. The fourth-order valence-electron chi connectivity index (χ4n) is 2.93. The van der Waals surface area contributed by atoms with E-state index in [0.29, 0.717) is 4.57 Å². The smallest absolute Gasteiger partial charge is 0.340 e. The van der Waals surface area contributed by atoms with Crippen LogP contribution in [0.3, 0.4) is 0 Å². The second kappa shape index (κ2) is 9.03. The topological polar surface area (TPSA) is 160 Å². The quantitative estimate of drug-likeness (QED) is 0.364. The van der Waals surface area contributed by atoms with Crippen molar-refractivity contribution in [1.29, 1.82) is 0 Å². The van der Waals surface area contributed by atoms with Crippen molar-refractivity contribution in [2.45, 2.75) is 17.2 Å². The number of anilines is 2. The maximum atomic E-state index is 12.8. The van der Waals surface area contributed by atoms with E-state index < -0.39 is 44.7 Å². The monoisotopic (exact) mass is 492 g/mol. The molecule has 1 aromatic carbocycles. The summed E-state index contributed by atoms with van der Waals surface area (Å²) in [5, 5.41) is 1.59. The molecule has 0 aliphatic heterocycles. The van der Waals surface area contributed by atoms with Crippen molar-refractivity contribution in [3.8, 4) is 0 Å². The Hall–Kier alpha value is -3.71. The first-order valence-corrected chi connectivity index (χ1v) is 11.8. The van der Waals surface area contributed by atoms with Crippen LogP contribution in [0.4, 0.5) is 11.5 Å². The van der Waals surface area contributed by atoms with Gasteiger partial charge in [0.15, 0.2) is 6.10 Å². The number of ketones is 1. The largest absolute Gasteiger partial charge is 0.451 e. The zero-order chi connectivity index (χ0) is 24.5. The molecule has 3 N–H and O–H groups in total. The lowest BCUT2D eigenvalue weighted by Gasteiger charge is -2.16. The zero-order valence-corrected chi connectivity index (χ0v) is 19.4. The summed E-state index contributed by atoms with van der Waals surface area (Å²) in [6.07, 6.45) is -1.45. The molecule has 13 heteroatoms. The van der Waals surface area contributed by atoms with Crippen molar-refractivity contribution in [3.63, 3.8) is 0 Å². The van der Waals surface area contributed by atoms with Gasteiger partial charge in [-0.1, -0.05) is 18.2 Å². The van der Waals surface area contributed by atoms with Crippen LogP contribution in [0.5, 0.6) is 0 Å². The summed E-state index contributed by atoms with van der Waals surface area (Å²) in [5.74, 6) is -2.27. The number of aromatic nitrogens is 2. The number of para-hydroxylation sites is 1. The van der Waals surface area contributed by atoms with Gasteiger partial charge >= 0.3 is 11.7 Å². The molecule has 0 fully saturated rings. The fourth-order valence-corrected chi connectivity index (χ4v) is 5.01. The Kier molecular flexibility index (Phi) is 6.56. The van der Waals surface area contributed by atoms with E-state index >= 15 is 0 Å². The van der Waals surface area contributed by atoms with E-state index in [0.717, 1.165) is 15.9 Å². The molecule has 0 saturated heterocycles. The number of thiophene rings is 1. The SMILES string of the molecule is C[C@H](OC(=O)c1ccccc1NS(=O)(=O)c1cccs1)C(=O)c1c(N)n(C)c(=O)n(C)c1=O. The number of benzene rings is 1. The van der Waals surface area contributed by atoms with Gasteiger partial charge in [0.2, 0.25) is 5.78 Å². The van der Waals surface area contributed by atoms with Crippen LogP contribution in [0.2, 0.25) is 0 Å². The number of Topliss-reactive ketones (excluding diaryl/α,β-unsaturated/α-hetero) is 1. The highest BCUT2D eigenvalue weighted by Crippen LogP contribution is 2.24. The van der Waals surface area contributed by atoms with E-state index in [-0.39, 0.29) is 21.3 Å². The molecule has 3 rings (SSSR count). The Labute approximate surface area is 192 Å².